The van der Waals surface area contributed by atoms with Gasteiger partial charge in [-0.15, -0.1) is 0 Å². The lowest BCUT2D eigenvalue weighted by Crippen LogP contribution is -2.27. The Hall–Kier alpha value is -1.11. The Morgan fingerprint density at radius 1 is 1.27 bits per heavy atom. The lowest BCUT2D eigenvalue weighted by atomic mass is 9.98. The third kappa shape index (κ3) is 2.28. The largest absolute Gasteiger partial charge is 0.471 e. The molecule has 1 N–H and O–H groups in total. The van der Waals surface area contributed by atoms with Crippen molar-refractivity contribution in [1.29, 1.82) is 0 Å². The number of nitrogens with one attached hydrogen (secondary N) is 1. The number of nitrogens with zero attached hydrogens (tertiary/aromatic N) is 2. The average molecular weight is 221 g/mol. The molecule has 4 nitrogen and oxygen atoms in total. The topological polar surface area (TPSA) is 51.0 Å². The molecule has 1 saturated heterocycles. The van der Waals surface area contributed by atoms with E-state index in [2.05, 4.69) is 20.0 Å². The summed E-state index contributed by atoms with van der Waals surface area (Å²) in [4.78, 5) is 3.37. The summed E-state index contributed by atoms with van der Waals surface area (Å²) in [6, 6.07) is 0. The van der Waals surface area contributed by atoms with Gasteiger partial charge in [0.05, 0.1) is 0 Å². The van der Waals surface area contributed by atoms with E-state index in [-0.39, 0.29) is 11.7 Å². The molecule has 1 aromatic heterocycles. The third-order valence-electron chi connectivity index (χ3n) is 2.39. The van der Waals surface area contributed by atoms with Crippen LogP contribution < -0.4 is 5.32 Å². The van der Waals surface area contributed by atoms with Crippen molar-refractivity contribution in [2.75, 3.05) is 13.1 Å². The Labute approximate surface area is 83.8 Å². The molecule has 1 aliphatic rings. The van der Waals surface area contributed by atoms with E-state index in [4.69, 9.17) is 0 Å². The fourth-order valence-corrected chi connectivity index (χ4v) is 1.60. The van der Waals surface area contributed by atoms with E-state index in [1.165, 1.54) is 0 Å². The van der Waals surface area contributed by atoms with Crippen LogP contribution in [0.25, 0.3) is 0 Å². The standard InChI is InChI=1S/C8H10F3N3O/c9-8(10,11)7-13-6(14-15-7)5-1-3-12-4-2-5/h5,12H,1-4H2. The predicted octanol–water partition coefficient (Wildman–Crippen LogP) is 1.56. The molecule has 1 aliphatic heterocycles. The van der Waals surface area contributed by atoms with Crippen molar-refractivity contribution < 1.29 is 17.7 Å². The van der Waals surface area contributed by atoms with Gasteiger partial charge >= 0.3 is 12.1 Å². The van der Waals surface area contributed by atoms with Gasteiger partial charge in [0, 0.05) is 5.92 Å². The zero-order valence-electron chi connectivity index (χ0n) is 7.84. The summed E-state index contributed by atoms with van der Waals surface area (Å²) in [6.45, 7) is 1.56. The number of hydrogen-bond donors (Lipinski definition) is 1. The van der Waals surface area contributed by atoms with E-state index >= 15 is 0 Å². The second-order valence-corrected chi connectivity index (χ2v) is 3.48. The Bertz CT molecular complexity index is 330. The molecule has 0 bridgehead atoms. The van der Waals surface area contributed by atoms with Crippen LogP contribution in [0.15, 0.2) is 4.52 Å². The van der Waals surface area contributed by atoms with Gasteiger partial charge in [0.1, 0.15) is 0 Å². The van der Waals surface area contributed by atoms with Crippen LogP contribution in [-0.2, 0) is 6.18 Å². The van der Waals surface area contributed by atoms with Gasteiger partial charge < -0.3 is 9.84 Å². The SMILES string of the molecule is FC(F)(F)c1nc(C2CCNCC2)no1. The number of aromatic nitrogens is 2. The zero-order valence-corrected chi connectivity index (χ0v) is 7.84. The first-order valence-corrected chi connectivity index (χ1v) is 4.69. The Morgan fingerprint density at radius 3 is 2.47 bits per heavy atom. The summed E-state index contributed by atoms with van der Waals surface area (Å²) in [7, 11) is 0. The van der Waals surface area contributed by atoms with Crippen molar-refractivity contribution in [2.24, 2.45) is 0 Å². The monoisotopic (exact) mass is 221 g/mol. The fraction of sp³-hybridized carbons (Fsp3) is 0.750. The van der Waals surface area contributed by atoms with Crippen molar-refractivity contribution in [3.63, 3.8) is 0 Å². The number of alkyl halides is 3. The van der Waals surface area contributed by atoms with Gasteiger partial charge in [-0.2, -0.15) is 18.2 Å². The summed E-state index contributed by atoms with van der Waals surface area (Å²) in [5.74, 6) is -1.11. The third-order valence-corrected chi connectivity index (χ3v) is 2.39. The highest BCUT2D eigenvalue weighted by atomic mass is 19.4. The second-order valence-electron chi connectivity index (χ2n) is 3.48. The average Bonchev–Trinajstić information content (AvgIpc) is 2.67. The molecule has 0 unspecified atom stereocenters. The van der Waals surface area contributed by atoms with E-state index < -0.39 is 12.1 Å². The van der Waals surface area contributed by atoms with Gasteiger partial charge in [0.2, 0.25) is 0 Å². The maximum Gasteiger partial charge on any atom is 0.471 e. The number of halogens is 3. The summed E-state index contributed by atoms with van der Waals surface area (Å²) >= 11 is 0. The second kappa shape index (κ2) is 3.80. The normalized spacial score (nSPS) is 19.4. The van der Waals surface area contributed by atoms with E-state index in [9.17, 15) is 13.2 Å². The summed E-state index contributed by atoms with van der Waals surface area (Å²) in [5, 5.41) is 6.49. The summed E-state index contributed by atoms with van der Waals surface area (Å²) < 4.78 is 40.7. The van der Waals surface area contributed by atoms with Crippen molar-refractivity contribution in [3.8, 4) is 0 Å². The molecule has 0 aliphatic carbocycles. The Kier molecular flexibility index (Phi) is 2.64. The molecule has 0 saturated carbocycles. The smallest absolute Gasteiger partial charge is 0.329 e. The number of rotatable bonds is 1. The first-order valence-electron chi connectivity index (χ1n) is 4.69. The zero-order chi connectivity index (χ0) is 10.9. The Balaban J connectivity index is 2.12. The maximum absolute atomic E-state index is 12.2. The highest BCUT2D eigenvalue weighted by molar-refractivity contribution is 4.99. The maximum atomic E-state index is 12.2. The van der Waals surface area contributed by atoms with Crippen molar-refractivity contribution in [3.05, 3.63) is 11.7 Å². The van der Waals surface area contributed by atoms with Crippen LogP contribution in [0.1, 0.15) is 30.5 Å². The molecule has 2 rings (SSSR count). The minimum atomic E-state index is -4.54. The van der Waals surface area contributed by atoms with Gasteiger partial charge in [-0.1, -0.05) is 5.16 Å². The van der Waals surface area contributed by atoms with Gasteiger partial charge in [0.15, 0.2) is 5.82 Å². The number of piperidine rings is 1. The molecule has 84 valence electrons. The lowest BCUT2D eigenvalue weighted by molar-refractivity contribution is -0.159. The highest BCUT2D eigenvalue weighted by Crippen LogP contribution is 2.30. The first-order chi connectivity index (χ1) is 7.07. The molecule has 0 spiro atoms. The van der Waals surface area contributed by atoms with Gasteiger partial charge in [-0.25, -0.2) is 0 Å². The van der Waals surface area contributed by atoms with Crippen LogP contribution >= 0.6 is 0 Å². The minimum Gasteiger partial charge on any atom is -0.329 e. The molecule has 15 heavy (non-hydrogen) atoms. The molecular formula is C8H10F3N3O. The molecule has 0 atom stereocenters. The van der Waals surface area contributed by atoms with Crippen LogP contribution in [0.2, 0.25) is 0 Å². The van der Waals surface area contributed by atoms with Crippen LogP contribution in [-0.4, -0.2) is 23.2 Å². The van der Waals surface area contributed by atoms with Gasteiger partial charge in [-0.3, -0.25) is 0 Å². The molecule has 1 fully saturated rings. The van der Waals surface area contributed by atoms with Crippen LogP contribution in [0.5, 0.6) is 0 Å². The van der Waals surface area contributed by atoms with E-state index in [1.54, 1.807) is 0 Å². The van der Waals surface area contributed by atoms with E-state index in [1.807, 2.05) is 0 Å². The van der Waals surface area contributed by atoms with Crippen molar-refractivity contribution >= 4 is 0 Å². The highest BCUT2D eigenvalue weighted by Gasteiger charge is 2.39. The molecule has 1 aromatic rings. The van der Waals surface area contributed by atoms with Crippen LogP contribution in [0, 0.1) is 0 Å². The Morgan fingerprint density at radius 2 is 1.93 bits per heavy atom. The molecule has 0 radical (unpaired) electrons. The molecular weight excluding hydrogens is 211 g/mol. The molecule has 0 aromatic carbocycles. The summed E-state index contributed by atoms with van der Waals surface area (Å²) in [6.07, 6.45) is -3.05. The van der Waals surface area contributed by atoms with Crippen LogP contribution in [0.4, 0.5) is 13.2 Å². The van der Waals surface area contributed by atoms with Crippen LogP contribution in [0.3, 0.4) is 0 Å². The number of hydrogen-bond acceptors (Lipinski definition) is 4. The van der Waals surface area contributed by atoms with E-state index in [0.29, 0.717) is 0 Å². The molecule has 7 heteroatoms. The first kappa shape index (κ1) is 10.4. The van der Waals surface area contributed by atoms with Gasteiger partial charge in [0.25, 0.3) is 0 Å². The molecule has 0 amide bonds. The lowest BCUT2D eigenvalue weighted by Gasteiger charge is -2.18. The predicted molar refractivity (Wildman–Crippen MR) is 44.1 cm³/mol. The van der Waals surface area contributed by atoms with Crippen molar-refractivity contribution in [2.45, 2.75) is 24.9 Å². The summed E-state index contributed by atoms with van der Waals surface area (Å²) in [5.41, 5.74) is 0. The van der Waals surface area contributed by atoms with Gasteiger partial charge in [-0.05, 0) is 25.9 Å². The molecule has 2 heterocycles. The van der Waals surface area contributed by atoms with Crippen molar-refractivity contribution in [1.82, 2.24) is 15.5 Å². The van der Waals surface area contributed by atoms with E-state index in [0.717, 1.165) is 25.9 Å². The quantitative estimate of drug-likeness (QED) is 0.781. The minimum absolute atomic E-state index is 0.0221. The fourth-order valence-electron chi connectivity index (χ4n) is 1.60.